The van der Waals surface area contributed by atoms with E-state index in [2.05, 4.69) is 10.1 Å². The lowest BCUT2D eigenvalue weighted by atomic mass is 10.2. The topological polar surface area (TPSA) is 95.3 Å². The number of nitrogens with zero attached hydrogens (tertiary/aromatic N) is 3. The third-order valence-electron chi connectivity index (χ3n) is 1.41. The Morgan fingerprint density at radius 2 is 2.46 bits per heavy atom. The van der Waals surface area contributed by atoms with Gasteiger partial charge >= 0.3 is 0 Å². The van der Waals surface area contributed by atoms with Gasteiger partial charge in [0.15, 0.2) is 0 Å². The van der Waals surface area contributed by atoms with E-state index in [9.17, 15) is 0 Å². The molecule has 0 unspecified atom stereocenters. The van der Waals surface area contributed by atoms with Gasteiger partial charge in [0.1, 0.15) is 17.6 Å². The predicted octanol–water partition coefficient (Wildman–Crippen LogP) is 0.242. The van der Waals surface area contributed by atoms with Crippen LogP contribution in [0, 0.1) is 11.3 Å². The molecular weight excluding hydrogens is 168 g/mol. The van der Waals surface area contributed by atoms with Crippen LogP contribution in [0.2, 0.25) is 0 Å². The van der Waals surface area contributed by atoms with Gasteiger partial charge in [-0.05, 0) is 12.1 Å². The molecule has 0 fully saturated rings. The molecular formula is C8H8N4O. The lowest BCUT2D eigenvalue weighted by Crippen LogP contribution is -2.15. The Morgan fingerprint density at radius 3 is 3.08 bits per heavy atom. The lowest BCUT2D eigenvalue weighted by Gasteiger charge is -1.97. The van der Waals surface area contributed by atoms with Crippen molar-refractivity contribution in [2.45, 2.75) is 6.42 Å². The van der Waals surface area contributed by atoms with Crippen molar-refractivity contribution < 1.29 is 5.21 Å². The zero-order valence-electron chi connectivity index (χ0n) is 6.81. The highest BCUT2D eigenvalue weighted by molar-refractivity contribution is 5.81. The first-order chi connectivity index (χ1) is 6.26. The fourth-order valence-corrected chi connectivity index (χ4v) is 0.861. The summed E-state index contributed by atoms with van der Waals surface area (Å²) in [7, 11) is 0. The molecule has 66 valence electrons. The van der Waals surface area contributed by atoms with Gasteiger partial charge in [-0.3, -0.25) is 0 Å². The summed E-state index contributed by atoms with van der Waals surface area (Å²) in [4.78, 5) is 3.95. The second-order valence-electron chi connectivity index (χ2n) is 2.39. The van der Waals surface area contributed by atoms with E-state index in [-0.39, 0.29) is 12.3 Å². The normalized spacial score (nSPS) is 10.8. The van der Waals surface area contributed by atoms with Crippen LogP contribution in [0.15, 0.2) is 23.4 Å². The van der Waals surface area contributed by atoms with Gasteiger partial charge in [0, 0.05) is 5.69 Å². The standard InChI is InChI=1S/C8H8N4O/c9-5-7-3-1-2-6(11-7)4-8(10)12-13/h1-3,13H,4H2,(H2,10,12). The molecule has 0 aliphatic rings. The van der Waals surface area contributed by atoms with Crippen LogP contribution >= 0.6 is 0 Å². The molecule has 0 bridgehead atoms. The molecule has 0 radical (unpaired) electrons. The second kappa shape index (κ2) is 4.07. The molecule has 0 aliphatic carbocycles. The van der Waals surface area contributed by atoms with E-state index >= 15 is 0 Å². The first kappa shape index (κ1) is 9.00. The van der Waals surface area contributed by atoms with Crippen molar-refractivity contribution in [3.8, 4) is 6.07 Å². The maximum absolute atomic E-state index is 8.53. The van der Waals surface area contributed by atoms with Gasteiger partial charge in [-0.1, -0.05) is 11.2 Å². The first-order valence-corrected chi connectivity index (χ1v) is 3.58. The van der Waals surface area contributed by atoms with E-state index in [1.807, 2.05) is 6.07 Å². The summed E-state index contributed by atoms with van der Waals surface area (Å²) in [6, 6.07) is 6.90. The molecule has 13 heavy (non-hydrogen) atoms. The van der Waals surface area contributed by atoms with Crippen LogP contribution in [-0.4, -0.2) is 16.0 Å². The van der Waals surface area contributed by atoms with E-state index in [1.165, 1.54) is 0 Å². The third kappa shape index (κ3) is 2.45. The van der Waals surface area contributed by atoms with E-state index in [0.29, 0.717) is 11.4 Å². The van der Waals surface area contributed by atoms with Gasteiger partial charge in [0.05, 0.1) is 6.42 Å². The number of nitrogens with two attached hydrogens (primary N) is 1. The van der Waals surface area contributed by atoms with Crippen molar-refractivity contribution in [3.05, 3.63) is 29.6 Å². The Morgan fingerprint density at radius 1 is 1.69 bits per heavy atom. The van der Waals surface area contributed by atoms with Crippen molar-refractivity contribution in [1.82, 2.24) is 4.98 Å². The van der Waals surface area contributed by atoms with Gasteiger partial charge in [-0.2, -0.15) is 5.26 Å². The summed E-state index contributed by atoms with van der Waals surface area (Å²) < 4.78 is 0. The highest BCUT2D eigenvalue weighted by Gasteiger charge is 1.99. The lowest BCUT2D eigenvalue weighted by molar-refractivity contribution is 0.317. The molecule has 5 heteroatoms. The molecule has 0 amide bonds. The zero-order chi connectivity index (χ0) is 9.68. The van der Waals surface area contributed by atoms with Crippen molar-refractivity contribution in [3.63, 3.8) is 0 Å². The quantitative estimate of drug-likeness (QED) is 0.292. The second-order valence-corrected chi connectivity index (χ2v) is 2.39. The summed E-state index contributed by atoms with van der Waals surface area (Å²) in [6.07, 6.45) is 0.242. The van der Waals surface area contributed by atoms with Crippen molar-refractivity contribution in [2.75, 3.05) is 0 Å². The van der Waals surface area contributed by atoms with E-state index in [0.717, 1.165) is 0 Å². The summed E-state index contributed by atoms with van der Waals surface area (Å²) in [5, 5.41) is 19.6. The molecule has 5 nitrogen and oxygen atoms in total. The van der Waals surface area contributed by atoms with Crippen LogP contribution < -0.4 is 5.73 Å². The maximum Gasteiger partial charge on any atom is 0.145 e. The summed E-state index contributed by atoms with van der Waals surface area (Å²) >= 11 is 0. The minimum Gasteiger partial charge on any atom is -0.409 e. The number of hydrogen-bond acceptors (Lipinski definition) is 4. The van der Waals surface area contributed by atoms with Crippen molar-refractivity contribution in [1.29, 1.82) is 5.26 Å². The monoisotopic (exact) mass is 176 g/mol. The number of oxime groups is 1. The van der Waals surface area contributed by atoms with Crippen LogP contribution in [0.3, 0.4) is 0 Å². The van der Waals surface area contributed by atoms with E-state index in [1.54, 1.807) is 18.2 Å². The van der Waals surface area contributed by atoms with E-state index in [4.69, 9.17) is 16.2 Å². The van der Waals surface area contributed by atoms with Crippen LogP contribution in [0.4, 0.5) is 0 Å². The highest BCUT2D eigenvalue weighted by Crippen LogP contribution is 1.98. The number of amidine groups is 1. The average molecular weight is 176 g/mol. The highest BCUT2D eigenvalue weighted by atomic mass is 16.4. The van der Waals surface area contributed by atoms with E-state index < -0.39 is 0 Å². The van der Waals surface area contributed by atoms with Crippen LogP contribution in [0.1, 0.15) is 11.4 Å². The van der Waals surface area contributed by atoms with Crippen LogP contribution in [-0.2, 0) is 6.42 Å². The fraction of sp³-hybridized carbons (Fsp3) is 0.125. The summed E-state index contributed by atoms with van der Waals surface area (Å²) in [5.41, 5.74) is 6.20. The SMILES string of the molecule is N#Cc1cccc(C/C(N)=N/O)n1. The van der Waals surface area contributed by atoms with Crippen LogP contribution in [0.25, 0.3) is 0 Å². The molecule has 1 heterocycles. The molecule has 0 saturated heterocycles. The predicted molar refractivity (Wildman–Crippen MR) is 46.1 cm³/mol. The number of hydrogen-bond donors (Lipinski definition) is 2. The smallest absolute Gasteiger partial charge is 0.145 e. The Balaban J connectivity index is 2.85. The van der Waals surface area contributed by atoms with Crippen molar-refractivity contribution >= 4 is 5.84 Å². The number of aromatic nitrogens is 1. The molecule has 1 aromatic heterocycles. The average Bonchev–Trinajstić information content (AvgIpc) is 2.18. The number of pyridine rings is 1. The summed E-state index contributed by atoms with van der Waals surface area (Å²) in [5.74, 6) is 0.0718. The zero-order valence-corrected chi connectivity index (χ0v) is 6.81. The Labute approximate surface area is 75.1 Å². The molecule has 0 aliphatic heterocycles. The Hall–Kier alpha value is -2.09. The van der Waals surface area contributed by atoms with Crippen molar-refractivity contribution in [2.24, 2.45) is 10.9 Å². The van der Waals surface area contributed by atoms with Gasteiger partial charge in [0.25, 0.3) is 0 Å². The number of nitriles is 1. The molecule has 0 spiro atoms. The van der Waals surface area contributed by atoms with Gasteiger partial charge in [0.2, 0.25) is 0 Å². The molecule has 1 aromatic rings. The summed E-state index contributed by atoms with van der Waals surface area (Å²) in [6.45, 7) is 0. The number of rotatable bonds is 2. The molecule has 0 saturated carbocycles. The maximum atomic E-state index is 8.53. The minimum absolute atomic E-state index is 0.0718. The minimum atomic E-state index is 0.0718. The molecule has 3 N–H and O–H groups in total. The Kier molecular flexibility index (Phi) is 2.82. The largest absolute Gasteiger partial charge is 0.409 e. The van der Waals surface area contributed by atoms with Gasteiger partial charge < -0.3 is 10.9 Å². The molecule has 0 atom stereocenters. The molecule has 1 rings (SSSR count). The fourth-order valence-electron chi connectivity index (χ4n) is 0.861. The Bertz CT molecular complexity index is 367. The first-order valence-electron chi connectivity index (χ1n) is 3.58. The third-order valence-corrected chi connectivity index (χ3v) is 1.41. The van der Waals surface area contributed by atoms with Crippen LogP contribution in [0.5, 0.6) is 0 Å². The molecule has 0 aromatic carbocycles. The van der Waals surface area contributed by atoms with Gasteiger partial charge in [-0.15, -0.1) is 0 Å². The van der Waals surface area contributed by atoms with Gasteiger partial charge in [-0.25, -0.2) is 4.98 Å².